The first kappa shape index (κ1) is 51.7. The largest absolute Gasteiger partial charge is 0.396 e. The van der Waals surface area contributed by atoms with E-state index in [1.165, 1.54) is 4.67 Å². The van der Waals surface area contributed by atoms with Crippen molar-refractivity contribution in [3.05, 3.63) is 0 Å². The average molecular weight is 1040 g/mol. The highest BCUT2D eigenvalue weighted by molar-refractivity contribution is 15.0. The summed E-state index contributed by atoms with van der Waals surface area (Å²) in [7, 11) is -6.96. The van der Waals surface area contributed by atoms with E-state index >= 15 is 0 Å². The summed E-state index contributed by atoms with van der Waals surface area (Å²) in [6.07, 6.45) is 1.30. The molecule has 1 unspecified atom stereocenters. The maximum atomic E-state index is 11.7. The van der Waals surface area contributed by atoms with Crippen molar-refractivity contribution in [2.45, 2.75) is 20.3 Å². The molecule has 7 N–H and O–H groups in total. The smallest absolute Gasteiger partial charge is 0.340 e. The Morgan fingerprint density at radius 2 is 1.17 bits per heavy atom. The zero-order valence-corrected chi connectivity index (χ0v) is 31.4. The predicted octanol–water partition coefficient (Wildman–Crippen LogP) is 5.37. The fraction of sp³-hybridized carbons (Fsp3) is 1.00. The maximum absolute atomic E-state index is 11.7. The van der Waals surface area contributed by atoms with E-state index in [0.29, 0.717) is 51.0 Å². The van der Waals surface area contributed by atoms with Crippen LogP contribution in [-0.4, -0.2) is 99.5 Å². The van der Waals surface area contributed by atoms with Crippen molar-refractivity contribution in [2.24, 2.45) is 0 Å². The van der Waals surface area contributed by atoms with Crippen molar-refractivity contribution >= 4 is 139 Å². The highest BCUT2D eigenvalue weighted by Gasteiger charge is 2.26. The molecule has 0 rings (SSSR count). The minimum atomic E-state index is -3.56. The normalized spacial score (nSPS) is 11.8. The summed E-state index contributed by atoms with van der Waals surface area (Å²) in [5, 5.41) is 24.8. The van der Waals surface area contributed by atoms with E-state index in [1.54, 1.807) is 0 Å². The van der Waals surface area contributed by atoms with Gasteiger partial charge in [-0.25, -0.2) is 19.9 Å². The van der Waals surface area contributed by atoms with Gasteiger partial charge in [0, 0.05) is 112 Å². The SMILES string of the molecule is C.I.II.O=P(O)(NCCCl)N(CCCl)CCCO.O=P(O)(NCCCl)NCCCl.OCCCBr. The number of nitrogens with one attached hydrogen (secondary N) is 3. The van der Waals surface area contributed by atoms with E-state index < -0.39 is 15.3 Å². The van der Waals surface area contributed by atoms with E-state index in [-0.39, 0.29) is 56.3 Å². The van der Waals surface area contributed by atoms with Gasteiger partial charge in [0.1, 0.15) is 0 Å². The molecule has 0 radical (unpaired) electrons. The number of halogens is 8. The Morgan fingerprint density at radius 1 is 0.771 bits per heavy atom. The quantitative estimate of drug-likeness (QED) is 0.0576. The fourth-order valence-corrected chi connectivity index (χ4v) is 5.10. The van der Waals surface area contributed by atoms with Crippen LogP contribution in [0.15, 0.2) is 0 Å². The molecule has 0 heterocycles. The summed E-state index contributed by atoms with van der Waals surface area (Å²) in [4.78, 5) is 18.6. The van der Waals surface area contributed by atoms with Gasteiger partial charge in [0.05, 0.1) is 0 Å². The van der Waals surface area contributed by atoms with Gasteiger partial charge in [-0.2, -0.15) is 0 Å². The van der Waals surface area contributed by atoms with Crippen LogP contribution in [0.5, 0.6) is 0 Å². The molecule has 0 spiro atoms. The molecule has 0 aromatic carbocycles. The standard InChI is InChI=1S/C7H17Cl2N2O3P.C4H11Cl2N2O2P.C3H7BrO.CH4.I2.HI/c8-2-4-10-15(13,14)11(6-3-9)5-1-7-12;5-1-3-7-11(9,10)8-4-2-6;4-2-1-3-5;;1-2;/h12H,1-7H2,(H2,10,13,14);1-4H2,(H3,7,8,9,10);5H,1-3H2;1H4;;1H. The van der Waals surface area contributed by atoms with E-state index in [2.05, 4.69) is 68.4 Å². The van der Waals surface area contributed by atoms with Crippen molar-refractivity contribution in [3.8, 4) is 0 Å². The van der Waals surface area contributed by atoms with Gasteiger partial charge in [-0.1, -0.05) is 23.4 Å². The first-order valence-electron chi connectivity index (χ1n) is 9.44. The number of nitrogens with zero attached hydrogens (tertiary/aromatic N) is 1. The van der Waals surface area contributed by atoms with Crippen molar-refractivity contribution < 1.29 is 29.1 Å². The zero-order valence-electron chi connectivity index (χ0n) is 18.4. The Labute approximate surface area is 279 Å². The molecule has 10 nitrogen and oxygen atoms in total. The third-order valence-corrected chi connectivity index (χ3v) is 7.25. The van der Waals surface area contributed by atoms with Gasteiger partial charge < -0.3 is 20.0 Å². The van der Waals surface area contributed by atoms with Gasteiger partial charge in [-0.15, -0.1) is 70.4 Å². The molecule has 0 aromatic rings. The lowest BCUT2D eigenvalue weighted by Crippen LogP contribution is -2.31. The van der Waals surface area contributed by atoms with E-state index in [1.807, 2.05) is 0 Å². The number of alkyl halides is 5. The molecule has 35 heavy (non-hydrogen) atoms. The van der Waals surface area contributed by atoms with Crippen LogP contribution >= 0.6 is 139 Å². The Balaban J connectivity index is -0.0000000928. The van der Waals surface area contributed by atoms with Crippen molar-refractivity contribution in [1.29, 1.82) is 0 Å². The summed E-state index contributed by atoms with van der Waals surface area (Å²) < 4.78 is 24.0. The van der Waals surface area contributed by atoms with Crippen LogP contribution in [0.2, 0.25) is 0 Å². The second kappa shape index (κ2) is 40.1. The van der Waals surface area contributed by atoms with Crippen LogP contribution in [0.25, 0.3) is 0 Å². The van der Waals surface area contributed by atoms with Crippen LogP contribution in [0.4, 0.5) is 0 Å². The van der Waals surface area contributed by atoms with Crippen molar-refractivity contribution in [1.82, 2.24) is 19.9 Å². The second-order valence-electron chi connectivity index (χ2n) is 5.40. The second-order valence-corrected chi connectivity index (χ2v) is 11.5. The number of hydrogen-bond acceptors (Lipinski definition) is 4. The molecule has 0 aliphatic heterocycles. The first-order valence-corrected chi connectivity index (χ1v) is 22.3. The van der Waals surface area contributed by atoms with Gasteiger partial charge in [-0.3, -0.25) is 9.13 Å². The summed E-state index contributed by atoms with van der Waals surface area (Å²) in [6.45, 7) is 1.75. The lowest BCUT2D eigenvalue weighted by molar-refractivity contribution is 0.262. The van der Waals surface area contributed by atoms with Gasteiger partial charge in [0.2, 0.25) is 0 Å². The molecule has 1 atom stereocenters. The molecule has 0 saturated carbocycles. The highest BCUT2D eigenvalue weighted by atomic mass is 128. The van der Waals surface area contributed by atoms with Crippen LogP contribution in [0.1, 0.15) is 20.3 Å². The maximum Gasteiger partial charge on any atom is 0.340 e. The number of aliphatic hydroxyl groups excluding tert-OH is 2. The lowest BCUT2D eigenvalue weighted by atomic mass is 10.4. The summed E-state index contributed by atoms with van der Waals surface area (Å²) in [6, 6.07) is 0. The Hall–Kier alpha value is 3.97. The van der Waals surface area contributed by atoms with Crippen molar-refractivity contribution in [2.75, 3.05) is 74.8 Å². The predicted molar refractivity (Wildman–Crippen MR) is 185 cm³/mol. The third-order valence-electron chi connectivity index (χ3n) is 2.85. The molecule has 0 aliphatic rings. The van der Waals surface area contributed by atoms with Crippen LogP contribution in [0.3, 0.4) is 0 Å². The molecule has 0 aromatic heterocycles. The number of rotatable bonds is 17. The van der Waals surface area contributed by atoms with Gasteiger partial charge >= 0.3 is 15.3 Å². The first-order chi connectivity index (χ1) is 15.6. The monoisotopic (exact) mass is 1030 g/mol. The summed E-state index contributed by atoms with van der Waals surface area (Å²) in [5.41, 5.74) is 0. The Bertz CT molecular complexity index is 482. The Morgan fingerprint density at radius 3 is 1.46 bits per heavy atom. The molecular formula is C15H40BrCl4I3N4O6P2. The minimum Gasteiger partial charge on any atom is -0.396 e. The van der Waals surface area contributed by atoms with E-state index in [0.717, 1.165) is 11.8 Å². The minimum absolute atomic E-state index is 0. The third kappa shape index (κ3) is 42.6. The fourth-order valence-electron chi connectivity index (χ4n) is 1.52. The van der Waals surface area contributed by atoms with Crippen LogP contribution < -0.4 is 15.3 Å². The number of hydrogen-bond donors (Lipinski definition) is 7. The molecule has 0 fully saturated rings. The average Bonchev–Trinajstić information content (AvgIpc) is 2.80. The zero-order chi connectivity index (χ0) is 26.6. The molecule has 0 saturated heterocycles. The van der Waals surface area contributed by atoms with Gasteiger partial charge in [0.25, 0.3) is 0 Å². The molecule has 0 bridgehead atoms. The topological polar surface area (TPSA) is 154 Å². The van der Waals surface area contributed by atoms with E-state index in [4.69, 9.17) is 61.5 Å². The number of aliphatic hydroxyl groups is 2. The Kier molecular flexibility index (Phi) is 59.2. The van der Waals surface area contributed by atoms with Crippen LogP contribution in [0, 0.1) is 0 Å². The van der Waals surface area contributed by atoms with Crippen molar-refractivity contribution in [3.63, 3.8) is 0 Å². The summed E-state index contributed by atoms with van der Waals surface area (Å²) >= 11 is 28.9. The molecule has 0 aliphatic carbocycles. The highest BCUT2D eigenvalue weighted by Crippen LogP contribution is 2.40. The van der Waals surface area contributed by atoms with Gasteiger partial charge in [0.15, 0.2) is 0 Å². The van der Waals surface area contributed by atoms with Crippen LogP contribution in [-0.2, 0) is 9.13 Å². The lowest BCUT2D eigenvalue weighted by Gasteiger charge is -2.26. The van der Waals surface area contributed by atoms with E-state index in [9.17, 15) is 14.0 Å². The molecule has 20 heteroatoms. The van der Waals surface area contributed by atoms with Gasteiger partial charge in [-0.05, 0) is 12.8 Å². The molecule has 222 valence electrons. The summed E-state index contributed by atoms with van der Waals surface area (Å²) in [5.74, 6) is 1.12. The molecular weight excluding hydrogens is 997 g/mol. The molecule has 0 amide bonds.